The summed E-state index contributed by atoms with van der Waals surface area (Å²) in [6.45, 7) is 2.19. The van der Waals surface area contributed by atoms with Gasteiger partial charge in [-0.15, -0.1) is 6.42 Å². The van der Waals surface area contributed by atoms with Gasteiger partial charge in [-0.2, -0.15) is 5.10 Å². The van der Waals surface area contributed by atoms with Crippen molar-refractivity contribution in [2.75, 3.05) is 24.5 Å². The number of carbonyl (C=O) groups is 1. The van der Waals surface area contributed by atoms with E-state index in [1.165, 1.54) is 5.56 Å². The number of pyridine rings is 1. The van der Waals surface area contributed by atoms with Crippen LogP contribution in [0.4, 0.5) is 5.82 Å². The Bertz CT molecular complexity index is 744. The third-order valence-electron chi connectivity index (χ3n) is 4.25. The van der Waals surface area contributed by atoms with Crippen LogP contribution < -0.4 is 10.2 Å². The normalized spacial score (nSPS) is 16.8. The minimum absolute atomic E-state index is 0.192. The summed E-state index contributed by atoms with van der Waals surface area (Å²) in [7, 11) is 1.94. The molecule has 3 rings (SSSR count). The van der Waals surface area contributed by atoms with Gasteiger partial charge in [0.05, 0.1) is 18.3 Å². The zero-order chi connectivity index (χ0) is 16.9. The van der Waals surface area contributed by atoms with Gasteiger partial charge in [0.1, 0.15) is 5.82 Å². The van der Waals surface area contributed by atoms with Crippen LogP contribution in [0.15, 0.2) is 30.7 Å². The summed E-state index contributed by atoms with van der Waals surface area (Å²) in [6, 6.07) is 3.69. The fourth-order valence-electron chi connectivity index (χ4n) is 3.06. The molecule has 1 N–H and O–H groups in total. The topological polar surface area (TPSA) is 63.1 Å². The molecule has 0 radical (unpaired) electrons. The van der Waals surface area contributed by atoms with Crippen LogP contribution >= 0.6 is 0 Å². The minimum atomic E-state index is -0.192. The van der Waals surface area contributed by atoms with Crippen molar-refractivity contribution in [1.29, 1.82) is 0 Å². The van der Waals surface area contributed by atoms with Gasteiger partial charge in [0, 0.05) is 32.5 Å². The van der Waals surface area contributed by atoms with Crippen molar-refractivity contribution >= 4 is 11.7 Å². The third-order valence-corrected chi connectivity index (χ3v) is 4.25. The van der Waals surface area contributed by atoms with Crippen molar-refractivity contribution in [2.45, 2.75) is 12.8 Å². The smallest absolute Gasteiger partial charge is 0.253 e. The molecule has 3 heterocycles. The molecule has 2 aromatic rings. The number of rotatable bonds is 5. The molecule has 0 aromatic carbocycles. The Kier molecular flexibility index (Phi) is 4.80. The van der Waals surface area contributed by atoms with Crippen molar-refractivity contribution in [2.24, 2.45) is 13.0 Å². The second-order valence-electron chi connectivity index (χ2n) is 6.12. The molecule has 1 aliphatic heterocycles. The van der Waals surface area contributed by atoms with E-state index in [2.05, 4.69) is 32.4 Å². The molecule has 0 aliphatic carbocycles. The van der Waals surface area contributed by atoms with Gasteiger partial charge in [0.2, 0.25) is 0 Å². The monoisotopic (exact) mass is 323 g/mol. The van der Waals surface area contributed by atoms with E-state index in [0.717, 1.165) is 31.7 Å². The first-order chi connectivity index (χ1) is 11.7. The van der Waals surface area contributed by atoms with Crippen LogP contribution in [0.25, 0.3) is 0 Å². The van der Waals surface area contributed by atoms with E-state index < -0.39 is 0 Å². The van der Waals surface area contributed by atoms with E-state index in [9.17, 15) is 4.79 Å². The Hall–Kier alpha value is -2.81. The summed E-state index contributed by atoms with van der Waals surface area (Å²) >= 11 is 0. The van der Waals surface area contributed by atoms with Gasteiger partial charge in [-0.1, -0.05) is 5.92 Å². The molecule has 0 bridgehead atoms. The largest absolute Gasteiger partial charge is 0.356 e. The van der Waals surface area contributed by atoms with Gasteiger partial charge in [-0.3, -0.25) is 9.48 Å². The molecule has 1 atom stereocenters. The van der Waals surface area contributed by atoms with Crippen molar-refractivity contribution < 1.29 is 4.79 Å². The van der Waals surface area contributed by atoms with Crippen molar-refractivity contribution in [3.8, 4) is 12.3 Å². The first-order valence-corrected chi connectivity index (χ1v) is 8.06. The SMILES string of the molecule is C#CCNC(=O)c1ccc(N2CCC(Cc3cnn(C)c3)C2)nc1. The molecule has 2 aromatic heterocycles. The first kappa shape index (κ1) is 16.1. The molecular weight excluding hydrogens is 302 g/mol. The molecule has 1 aliphatic rings. The highest BCUT2D eigenvalue weighted by molar-refractivity contribution is 5.94. The molecule has 6 nitrogen and oxygen atoms in total. The lowest BCUT2D eigenvalue weighted by Gasteiger charge is -2.17. The van der Waals surface area contributed by atoms with Gasteiger partial charge >= 0.3 is 0 Å². The number of nitrogens with one attached hydrogen (secondary N) is 1. The van der Waals surface area contributed by atoms with Crippen LogP contribution in [-0.4, -0.2) is 40.3 Å². The summed E-state index contributed by atoms with van der Waals surface area (Å²) in [5, 5.41) is 6.86. The fourth-order valence-corrected chi connectivity index (χ4v) is 3.06. The summed E-state index contributed by atoms with van der Waals surface area (Å²) in [6.07, 6.45) is 12.9. The molecule has 6 heteroatoms. The molecule has 1 unspecified atom stereocenters. The zero-order valence-corrected chi connectivity index (χ0v) is 13.8. The number of aryl methyl sites for hydroxylation is 1. The minimum Gasteiger partial charge on any atom is -0.356 e. The van der Waals surface area contributed by atoms with Crippen molar-refractivity contribution in [1.82, 2.24) is 20.1 Å². The molecular formula is C18H21N5O. The quantitative estimate of drug-likeness (QED) is 0.841. The lowest BCUT2D eigenvalue weighted by atomic mass is 10.0. The van der Waals surface area contributed by atoms with Crippen LogP contribution in [-0.2, 0) is 13.5 Å². The number of hydrogen-bond acceptors (Lipinski definition) is 4. The number of amides is 1. The highest BCUT2D eigenvalue weighted by atomic mass is 16.1. The van der Waals surface area contributed by atoms with Gasteiger partial charge in [-0.25, -0.2) is 4.98 Å². The Morgan fingerprint density at radius 1 is 1.46 bits per heavy atom. The highest BCUT2D eigenvalue weighted by Gasteiger charge is 2.24. The van der Waals surface area contributed by atoms with E-state index in [1.54, 1.807) is 12.3 Å². The summed E-state index contributed by atoms with van der Waals surface area (Å²) in [5.74, 6) is 3.71. The Morgan fingerprint density at radius 3 is 3.00 bits per heavy atom. The maximum Gasteiger partial charge on any atom is 0.253 e. The maximum atomic E-state index is 11.8. The summed E-state index contributed by atoms with van der Waals surface area (Å²) < 4.78 is 1.84. The predicted octanol–water partition coefficient (Wildman–Crippen LogP) is 1.25. The van der Waals surface area contributed by atoms with Crippen LogP contribution in [0.3, 0.4) is 0 Å². The Balaban J connectivity index is 1.57. The molecule has 124 valence electrons. The van der Waals surface area contributed by atoms with E-state index in [1.807, 2.05) is 24.0 Å². The predicted molar refractivity (Wildman–Crippen MR) is 92.6 cm³/mol. The Labute approximate surface area is 141 Å². The van der Waals surface area contributed by atoms with Gasteiger partial charge in [-0.05, 0) is 36.5 Å². The number of aromatic nitrogens is 3. The van der Waals surface area contributed by atoms with E-state index >= 15 is 0 Å². The summed E-state index contributed by atoms with van der Waals surface area (Å²) in [4.78, 5) is 18.5. The average molecular weight is 323 g/mol. The van der Waals surface area contributed by atoms with Gasteiger partial charge < -0.3 is 10.2 Å². The maximum absolute atomic E-state index is 11.8. The average Bonchev–Trinajstić information content (AvgIpc) is 3.22. The molecule has 0 spiro atoms. The van der Waals surface area contributed by atoms with Gasteiger partial charge in [0.25, 0.3) is 5.91 Å². The van der Waals surface area contributed by atoms with E-state index in [4.69, 9.17) is 6.42 Å². The number of hydrogen-bond donors (Lipinski definition) is 1. The fraction of sp³-hybridized carbons (Fsp3) is 0.389. The lowest BCUT2D eigenvalue weighted by molar-refractivity contribution is 0.0958. The van der Waals surface area contributed by atoms with Crippen LogP contribution in [0.1, 0.15) is 22.3 Å². The molecule has 1 fully saturated rings. The lowest BCUT2D eigenvalue weighted by Crippen LogP contribution is -2.24. The zero-order valence-electron chi connectivity index (χ0n) is 13.8. The van der Waals surface area contributed by atoms with Crippen molar-refractivity contribution in [3.63, 3.8) is 0 Å². The second-order valence-corrected chi connectivity index (χ2v) is 6.12. The molecule has 0 saturated carbocycles. The van der Waals surface area contributed by atoms with Crippen LogP contribution in [0.2, 0.25) is 0 Å². The van der Waals surface area contributed by atoms with E-state index in [0.29, 0.717) is 11.5 Å². The molecule has 1 saturated heterocycles. The number of anilines is 1. The first-order valence-electron chi connectivity index (χ1n) is 8.06. The number of carbonyl (C=O) groups excluding carboxylic acids is 1. The summed E-state index contributed by atoms with van der Waals surface area (Å²) in [5.41, 5.74) is 1.80. The second kappa shape index (κ2) is 7.18. The van der Waals surface area contributed by atoms with Gasteiger partial charge in [0.15, 0.2) is 0 Å². The Morgan fingerprint density at radius 2 is 2.33 bits per heavy atom. The van der Waals surface area contributed by atoms with Crippen LogP contribution in [0.5, 0.6) is 0 Å². The molecule has 1 amide bonds. The van der Waals surface area contributed by atoms with Crippen molar-refractivity contribution in [3.05, 3.63) is 41.9 Å². The highest BCUT2D eigenvalue weighted by Crippen LogP contribution is 2.24. The number of nitrogens with zero attached hydrogens (tertiary/aromatic N) is 4. The van der Waals surface area contributed by atoms with E-state index in [-0.39, 0.29) is 12.5 Å². The third kappa shape index (κ3) is 3.74. The standard InChI is InChI=1S/C18H21N5O/c1-3-7-19-18(24)16-4-5-17(20-11-16)23-8-6-14(13-23)9-15-10-21-22(2)12-15/h1,4-5,10-12,14H,6-9,13H2,2H3,(H,19,24). The molecule has 24 heavy (non-hydrogen) atoms. The number of terminal acetylenes is 1. The van der Waals surface area contributed by atoms with Crippen LogP contribution in [0, 0.1) is 18.3 Å².